The first-order valence-electron chi connectivity index (χ1n) is 18.8. The molecule has 4 amide bonds. The van der Waals surface area contributed by atoms with Crippen LogP contribution >= 0.6 is 0 Å². The summed E-state index contributed by atoms with van der Waals surface area (Å²) in [5, 5.41) is 10.6. The predicted molar refractivity (Wildman–Crippen MR) is 217 cm³/mol. The highest BCUT2D eigenvalue weighted by Gasteiger charge is 2.26. The molecular formula is C39H53N11O7. The first kappa shape index (κ1) is 41.9. The third kappa shape index (κ3) is 10.5. The maximum atomic E-state index is 13.4. The Balaban J connectivity index is 1.26. The van der Waals surface area contributed by atoms with Crippen LogP contribution in [0.2, 0.25) is 0 Å². The average molecular weight is 788 g/mol. The number of rotatable bonds is 16. The number of aryl methyl sites for hydroxylation is 2. The van der Waals surface area contributed by atoms with Gasteiger partial charge in [-0.15, -0.1) is 0 Å². The number of piperazine rings is 1. The molecule has 0 bridgehead atoms. The van der Waals surface area contributed by atoms with E-state index in [1.807, 2.05) is 46.8 Å². The number of carbonyl (C=O) groups is 4. The van der Waals surface area contributed by atoms with Crippen molar-refractivity contribution in [3.63, 3.8) is 0 Å². The number of fused-ring (bicyclic) bond motifs is 1. The quantitative estimate of drug-likeness (QED) is 0.0622. The summed E-state index contributed by atoms with van der Waals surface area (Å²) in [6, 6.07) is 7.83. The fourth-order valence-electron chi connectivity index (χ4n) is 6.39. The van der Waals surface area contributed by atoms with E-state index in [-0.39, 0.29) is 35.4 Å². The molecule has 0 atom stereocenters. The molecule has 2 aromatic carbocycles. The molecule has 1 aliphatic rings. The lowest BCUT2D eigenvalue weighted by Crippen LogP contribution is -2.50. The zero-order valence-corrected chi connectivity index (χ0v) is 33.4. The van der Waals surface area contributed by atoms with Gasteiger partial charge in [0.05, 0.1) is 30.6 Å². The number of primary amides is 2. The van der Waals surface area contributed by atoms with E-state index >= 15 is 0 Å². The second-order valence-electron chi connectivity index (χ2n) is 14.6. The maximum absolute atomic E-state index is 13.4. The first-order chi connectivity index (χ1) is 27.1. The van der Waals surface area contributed by atoms with Crippen molar-refractivity contribution < 1.29 is 33.4 Å². The van der Waals surface area contributed by atoms with Gasteiger partial charge in [0.15, 0.2) is 0 Å². The molecule has 306 valence electrons. The molecule has 1 saturated heterocycles. The highest BCUT2D eigenvalue weighted by atomic mass is 16.6. The third-order valence-corrected chi connectivity index (χ3v) is 9.14. The Morgan fingerprint density at radius 3 is 2.28 bits per heavy atom. The summed E-state index contributed by atoms with van der Waals surface area (Å²) in [4.78, 5) is 58.7. The molecule has 18 nitrogen and oxygen atoms in total. The minimum atomic E-state index is -0.648. The van der Waals surface area contributed by atoms with Crippen molar-refractivity contribution in [1.82, 2.24) is 29.1 Å². The van der Waals surface area contributed by atoms with Crippen LogP contribution in [-0.4, -0.2) is 112 Å². The van der Waals surface area contributed by atoms with Gasteiger partial charge in [-0.3, -0.25) is 29.3 Å². The number of ether oxygens (including phenoxy) is 3. The number of hydrogen-bond donors (Lipinski definition) is 5. The van der Waals surface area contributed by atoms with E-state index in [0.29, 0.717) is 78.8 Å². The fourth-order valence-corrected chi connectivity index (χ4v) is 6.39. The number of nitrogens with one attached hydrogen (secondary N) is 2. The molecule has 8 N–H and O–H groups in total. The molecule has 0 unspecified atom stereocenters. The summed E-state index contributed by atoms with van der Waals surface area (Å²) in [5.74, 6) is -0.733. The van der Waals surface area contributed by atoms with E-state index in [0.717, 1.165) is 19.6 Å². The lowest BCUT2D eigenvalue weighted by Gasteiger charge is -2.35. The monoisotopic (exact) mass is 787 g/mol. The summed E-state index contributed by atoms with van der Waals surface area (Å²) in [6.07, 6.45) is 4.11. The zero-order chi connectivity index (χ0) is 41.4. The molecular weight excluding hydrogens is 734 g/mol. The van der Waals surface area contributed by atoms with Crippen molar-refractivity contribution in [2.24, 2.45) is 11.5 Å². The number of nitrogens with two attached hydrogens (primary N) is 3. The standard InChI is InChI=1S/C39H53N11O7/c1-7-50-29(19-24(2)46-50)36(53)45-37-44-28-21-26(35(42)52)23-31(55-6)33(28)49(37)13-9-8-11-43-32-27(40)20-25(34(41)51)22-30(32)56-18-10-12-47-14-16-48(17-15-47)38(54)57-39(3,4)5/h8-9,19-23,43H,7,10-18,40H2,1-6H3,(H2,41,51)(H2,42,52)(H,44,45,53)/b9-8+. The molecule has 2 aromatic heterocycles. The maximum Gasteiger partial charge on any atom is 0.410 e. The number of carbonyl (C=O) groups excluding carboxylic acids is 4. The van der Waals surface area contributed by atoms with Crippen molar-refractivity contribution >= 4 is 52.2 Å². The van der Waals surface area contributed by atoms with E-state index in [4.69, 9.17) is 31.4 Å². The van der Waals surface area contributed by atoms with Gasteiger partial charge in [0, 0.05) is 63.5 Å². The van der Waals surface area contributed by atoms with E-state index in [1.165, 1.54) is 19.2 Å². The Labute approximate surface area is 331 Å². The highest BCUT2D eigenvalue weighted by Crippen LogP contribution is 2.33. The van der Waals surface area contributed by atoms with Gasteiger partial charge in [-0.2, -0.15) is 5.10 Å². The van der Waals surface area contributed by atoms with Crippen molar-refractivity contribution in [2.45, 2.75) is 59.7 Å². The SMILES string of the molecule is CCn1nc(C)cc1C(=O)Nc1nc2cc(C(N)=O)cc(OC)c2n1C/C=C/CNc1c(N)cc(C(N)=O)cc1OCCCN1CCN(C(=O)OC(C)(C)C)CC1. The van der Waals surface area contributed by atoms with E-state index in [1.54, 1.807) is 32.3 Å². The summed E-state index contributed by atoms with van der Waals surface area (Å²) < 4.78 is 20.6. The Hall–Kier alpha value is -6.30. The molecule has 57 heavy (non-hydrogen) atoms. The number of nitrogens with zero attached hydrogens (tertiary/aromatic N) is 6. The van der Waals surface area contributed by atoms with Gasteiger partial charge in [-0.25, -0.2) is 9.78 Å². The molecule has 0 spiro atoms. The van der Waals surface area contributed by atoms with Crippen LogP contribution < -0.4 is 37.3 Å². The van der Waals surface area contributed by atoms with E-state index in [9.17, 15) is 19.2 Å². The summed E-state index contributed by atoms with van der Waals surface area (Å²) in [7, 11) is 1.47. The topological polar surface area (TPSA) is 240 Å². The predicted octanol–water partition coefficient (Wildman–Crippen LogP) is 3.59. The van der Waals surface area contributed by atoms with E-state index in [2.05, 4.69) is 25.6 Å². The number of anilines is 3. The lowest BCUT2D eigenvalue weighted by molar-refractivity contribution is 0.0141. The molecule has 1 aliphatic heterocycles. The van der Waals surface area contributed by atoms with Gasteiger partial charge in [0.25, 0.3) is 5.91 Å². The van der Waals surface area contributed by atoms with Crippen LogP contribution in [0.15, 0.2) is 42.5 Å². The van der Waals surface area contributed by atoms with Gasteiger partial charge in [-0.05, 0) is 71.4 Å². The average Bonchev–Trinajstić information content (AvgIpc) is 3.71. The number of imidazole rings is 1. The van der Waals surface area contributed by atoms with Crippen molar-refractivity contribution in [1.29, 1.82) is 0 Å². The van der Waals surface area contributed by atoms with Crippen LogP contribution in [0.4, 0.5) is 22.1 Å². The van der Waals surface area contributed by atoms with Crippen LogP contribution in [0.3, 0.4) is 0 Å². The molecule has 4 aromatic rings. The smallest absolute Gasteiger partial charge is 0.410 e. The minimum Gasteiger partial charge on any atom is -0.494 e. The summed E-state index contributed by atoms with van der Waals surface area (Å²) in [5.41, 5.74) is 20.2. The zero-order valence-electron chi connectivity index (χ0n) is 33.4. The van der Waals surface area contributed by atoms with E-state index < -0.39 is 23.3 Å². The number of hydrogen-bond acceptors (Lipinski definition) is 12. The summed E-state index contributed by atoms with van der Waals surface area (Å²) in [6.45, 7) is 14.0. The largest absolute Gasteiger partial charge is 0.494 e. The Morgan fingerprint density at radius 2 is 1.63 bits per heavy atom. The Morgan fingerprint density at radius 1 is 0.947 bits per heavy atom. The second kappa shape index (κ2) is 18.1. The Kier molecular flexibility index (Phi) is 13.3. The van der Waals surface area contributed by atoms with Gasteiger partial charge >= 0.3 is 6.09 Å². The molecule has 0 saturated carbocycles. The molecule has 5 rings (SSSR count). The minimum absolute atomic E-state index is 0.206. The van der Waals surface area contributed by atoms with Crippen LogP contribution in [0, 0.1) is 6.92 Å². The van der Waals surface area contributed by atoms with Crippen LogP contribution in [0.5, 0.6) is 11.5 Å². The Bertz CT molecular complexity index is 2140. The van der Waals surface area contributed by atoms with Crippen LogP contribution in [0.1, 0.15) is 71.0 Å². The number of nitrogen functional groups attached to an aromatic ring is 1. The number of allylic oxidation sites excluding steroid dienone is 1. The number of aromatic nitrogens is 4. The van der Waals surface area contributed by atoms with Crippen molar-refractivity contribution in [3.05, 3.63) is 65.0 Å². The van der Waals surface area contributed by atoms with Gasteiger partial charge in [0.2, 0.25) is 17.8 Å². The van der Waals surface area contributed by atoms with Crippen LogP contribution in [-0.2, 0) is 17.8 Å². The highest BCUT2D eigenvalue weighted by molar-refractivity contribution is 6.04. The number of benzene rings is 2. The lowest BCUT2D eigenvalue weighted by atomic mass is 10.1. The normalized spacial score (nSPS) is 13.5. The number of amides is 4. The first-order valence-corrected chi connectivity index (χ1v) is 18.8. The van der Waals surface area contributed by atoms with Gasteiger partial charge in [0.1, 0.15) is 34.0 Å². The molecule has 0 aliphatic carbocycles. The van der Waals surface area contributed by atoms with Crippen molar-refractivity contribution in [3.8, 4) is 11.5 Å². The van der Waals surface area contributed by atoms with Gasteiger partial charge < -0.3 is 46.2 Å². The molecule has 3 heterocycles. The number of methoxy groups -OCH3 is 1. The van der Waals surface area contributed by atoms with Crippen LogP contribution in [0.25, 0.3) is 11.0 Å². The fraction of sp³-hybridized carbons (Fsp3) is 0.436. The second-order valence-corrected chi connectivity index (χ2v) is 14.6. The summed E-state index contributed by atoms with van der Waals surface area (Å²) >= 11 is 0. The third-order valence-electron chi connectivity index (χ3n) is 9.14. The molecule has 1 fully saturated rings. The molecule has 18 heteroatoms. The molecule has 0 radical (unpaired) electrons. The van der Waals surface area contributed by atoms with Gasteiger partial charge in [-0.1, -0.05) is 12.2 Å². The van der Waals surface area contributed by atoms with Crippen molar-refractivity contribution in [2.75, 3.05) is 69.4 Å².